The average molecular weight is 350 g/mol. The lowest BCUT2D eigenvalue weighted by molar-refractivity contribution is -0.274. The van der Waals surface area contributed by atoms with Gasteiger partial charge in [-0.3, -0.25) is 4.57 Å². The topological polar surface area (TPSA) is 29.9 Å². The summed E-state index contributed by atoms with van der Waals surface area (Å²) in [6.07, 6.45) is -2.94. The van der Waals surface area contributed by atoms with Crippen molar-refractivity contribution in [2.24, 2.45) is 0 Å². The average Bonchev–Trinajstić information content (AvgIpc) is 2.89. The van der Waals surface area contributed by atoms with Crippen LogP contribution in [0.1, 0.15) is 5.56 Å². The molecule has 1 N–H and O–H groups in total. The van der Waals surface area contributed by atoms with Crippen LogP contribution >= 0.6 is 12.2 Å². The van der Waals surface area contributed by atoms with Crippen LogP contribution in [-0.2, 0) is 0 Å². The summed E-state index contributed by atoms with van der Waals surface area (Å²) in [5.74, 6) is -0.273. The number of halogens is 3. The Labute approximate surface area is 141 Å². The highest BCUT2D eigenvalue weighted by molar-refractivity contribution is 7.71. The fourth-order valence-corrected chi connectivity index (χ4v) is 2.62. The summed E-state index contributed by atoms with van der Waals surface area (Å²) in [5, 5.41) is 0. The van der Waals surface area contributed by atoms with Crippen molar-refractivity contribution in [3.05, 3.63) is 65.1 Å². The van der Waals surface area contributed by atoms with Crippen LogP contribution in [0.4, 0.5) is 13.2 Å². The standard InChI is InChI=1S/C17H13F3N2OS/c1-11-2-4-12(5-3-11)15-10-21-16(24)22(15)13-6-8-14(9-7-13)23-17(18,19)20/h2-10H,1H3,(H,21,24). The third kappa shape index (κ3) is 3.51. The van der Waals surface area contributed by atoms with Crippen LogP contribution in [0.2, 0.25) is 0 Å². The Hall–Kier alpha value is -2.54. The molecule has 3 aromatic rings. The van der Waals surface area contributed by atoms with Crippen LogP contribution in [0, 0.1) is 11.7 Å². The zero-order chi connectivity index (χ0) is 17.3. The van der Waals surface area contributed by atoms with E-state index in [1.165, 1.54) is 24.3 Å². The molecule has 0 bridgehead atoms. The molecule has 2 aromatic carbocycles. The van der Waals surface area contributed by atoms with E-state index in [0.717, 1.165) is 16.8 Å². The fraction of sp³-hybridized carbons (Fsp3) is 0.118. The number of nitrogens with zero attached hydrogens (tertiary/aromatic N) is 1. The number of rotatable bonds is 3. The lowest BCUT2D eigenvalue weighted by atomic mass is 10.1. The van der Waals surface area contributed by atoms with E-state index in [0.29, 0.717) is 10.5 Å². The minimum absolute atomic E-state index is 0.273. The first-order valence-electron chi connectivity index (χ1n) is 7.07. The second-order valence-corrected chi connectivity index (χ2v) is 5.61. The van der Waals surface area contributed by atoms with Crippen LogP contribution in [0.5, 0.6) is 5.75 Å². The number of imidazole rings is 1. The summed E-state index contributed by atoms with van der Waals surface area (Å²) < 4.78 is 42.8. The van der Waals surface area contributed by atoms with Gasteiger partial charge >= 0.3 is 6.36 Å². The van der Waals surface area contributed by atoms with Gasteiger partial charge in [0.15, 0.2) is 4.77 Å². The largest absolute Gasteiger partial charge is 0.573 e. The first kappa shape index (κ1) is 16.3. The van der Waals surface area contributed by atoms with Crippen LogP contribution in [0.25, 0.3) is 16.9 Å². The summed E-state index contributed by atoms with van der Waals surface area (Å²) in [5.41, 5.74) is 3.55. The summed E-state index contributed by atoms with van der Waals surface area (Å²) in [6, 6.07) is 13.5. The predicted octanol–water partition coefficient (Wildman–Crippen LogP) is 5.41. The minimum Gasteiger partial charge on any atom is -0.406 e. The molecule has 0 fully saturated rings. The maximum Gasteiger partial charge on any atom is 0.573 e. The van der Waals surface area contributed by atoms with Crippen molar-refractivity contribution >= 4 is 12.2 Å². The molecular weight excluding hydrogens is 337 g/mol. The number of hydrogen-bond acceptors (Lipinski definition) is 2. The fourth-order valence-electron chi connectivity index (χ4n) is 2.36. The number of nitrogens with one attached hydrogen (secondary N) is 1. The maximum atomic E-state index is 12.2. The summed E-state index contributed by atoms with van der Waals surface area (Å²) in [6.45, 7) is 1.99. The van der Waals surface area contributed by atoms with Gasteiger partial charge in [-0.2, -0.15) is 0 Å². The van der Waals surface area contributed by atoms with Crippen molar-refractivity contribution in [1.82, 2.24) is 9.55 Å². The second kappa shape index (κ2) is 6.16. The number of alkyl halides is 3. The molecule has 3 nitrogen and oxygen atoms in total. The Morgan fingerprint density at radius 3 is 2.21 bits per heavy atom. The molecule has 0 aliphatic heterocycles. The highest BCUT2D eigenvalue weighted by Gasteiger charge is 2.31. The highest BCUT2D eigenvalue weighted by Crippen LogP contribution is 2.27. The molecule has 7 heteroatoms. The van der Waals surface area contributed by atoms with Crippen LogP contribution in [0.3, 0.4) is 0 Å². The number of aromatic nitrogens is 2. The Balaban J connectivity index is 1.99. The molecule has 0 spiro atoms. The summed E-state index contributed by atoms with van der Waals surface area (Å²) in [4.78, 5) is 2.97. The second-order valence-electron chi connectivity index (χ2n) is 5.22. The lowest BCUT2D eigenvalue weighted by Crippen LogP contribution is -2.17. The van der Waals surface area contributed by atoms with E-state index in [4.69, 9.17) is 12.2 Å². The Kier molecular flexibility index (Phi) is 4.19. The zero-order valence-corrected chi connectivity index (χ0v) is 13.4. The number of aryl methyl sites for hydroxylation is 1. The van der Waals surface area contributed by atoms with Crippen molar-refractivity contribution in [2.75, 3.05) is 0 Å². The van der Waals surface area contributed by atoms with Gasteiger partial charge in [-0.1, -0.05) is 29.8 Å². The molecule has 0 amide bonds. The molecule has 0 saturated carbocycles. The molecule has 0 aliphatic carbocycles. The van der Waals surface area contributed by atoms with Crippen molar-refractivity contribution in [2.45, 2.75) is 13.3 Å². The third-order valence-electron chi connectivity index (χ3n) is 3.45. The quantitative estimate of drug-likeness (QED) is 0.640. The van der Waals surface area contributed by atoms with E-state index in [-0.39, 0.29) is 5.75 Å². The SMILES string of the molecule is Cc1ccc(-c2c[nH]c(=S)n2-c2ccc(OC(F)(F)F)cc2)cc1. The number of aromatic amines is 1. The van der Waals surface area contributed by atoms with Crippen molar-refractivity contribution < 1.29 is 17.9 Å². The Bertz CT molecular complexity index is 893. The summed E-state index contributed by atoms with van der Waals surface area (Å²) >= 11 is 5.30. The van der Waals surface area contributed by atoms with Crippen molar-refractivity contribution in [1.29, 1.82) is 0 Å². The minimum atomic E-state index is -4.71. The van der Waals surface area contributed by atoms with Gasteiger partial charge in [-0.05, 0) is 43.4 Å². The molecule has 0 saturated heterocycles. The Morgan fingerprint density at radius 2 is 1.62 bits per heavy atom. The summed E-state index contributed by atoms with van der Waals surface area (Å²) in [7, 11) is 0. The Morgan fingerprint density at radius 1 is 1.00 bits per heavy atom. The molecule has 0 unspecified atom stereocenters. The highest BCUT2D eigenvalue weighted by atomic mass is 32.1. The van der Waals surface area contributed by atoms with E-state index < -0.39 is 6.36 Å². The molecule has 0 radical (unpaired) electrons. The smallest absolute Gasteiger partial charge is 0.406 e. The first-order valence-corrected chi connectivity index (χ1v) is 7.48. The van der Waals surface area contributed by atoms with E-state index in [2.05, 4.69) is 9.72 Å². The number of hydrogen-bond donors (Lipinski definition) is 1. The van der Waals surface area contributed by atoms with Gasteiger partial charge in [-0.25, -0.2) is 0 Å². The monoisotopic (exact) mass is 350 g/mol. The molecule has 124 valence electrons. The van der Waals surface area contributed by atoms with Crippen LogP contribution < -0.4 is 4.74 Å². The molecule has 0 atom stereocenters. The first-order chi connectivity index (χ1) is 11.3. The number of ether oxygens (including phenoxy) is 1. The maximum absolute atomic E-state index is 12.2. The molecule has 1 aromatic heterocycles. The molecule has 1 heterocycles. The van der Waals surface area contributed by atoms with Gasteiger partial charge in [-0.15, -0.1) is 13.2 Å². The van der Waals surface area contributed by atoms with Gasteiger partial charge < -0.3 is 9.72 Å². The van der Waals surface area contributed by atoms with Gasteiger partial charge in [0.25, 0.3) is 0 Å². The molecule has 0 aliphatic rings. The van der Waals surface area contributed by atoms with Gasteiger partial charge in [0.1, 0.15) is 5.75 Å². The van der Waals surface area contributed by atoms with E-state index in [9.17, 15) is 13.2 Å². The molecule has 3 rings (SSSR count). The molecular formula is C17H13F3N2OS. The number of H-pyrrole nitrogens is 1. The van der Waals surface area contributed by atoms with E-state index in [1.807, 2.05) is 31.2 Å². The third-order valence-corrected chi connectivity index (χ3v) is 3.75. The van der Waals surface area contributed by atoms with Crippen LogP contribution in [-0.4, -0.2) is 15.9 Å². The lowest BCUT2D eigenvalue weighted by Gasteiger charge is -2.11. The van der Waals surface area contributed by atoms with Gasteiger partial charge in [0, 0.05) is 17.4 Å². The van der Waals surface area contributed by atoms with Crippen LogP contribution in [0.15, 0.2) is 54.7 Å². The van der Waals surface area contributed by atoms with Crippen molar-refractivity contribution in [3.63, 3.8) is 0 Å². The zero-order valence-electron chi connectivity index (χ0n) is 12.6. The number of benzene rings is 2. The van der Waals surface area contributed by atoms with E-state index in [1.54, 1.807) is 10.8 Å². The van der Waals surface area contributed by atoms with Crippen molar-refractivity contribution in [3.8, 4) is 22.7 Å². The predicted molar refractivity (Wildman–Crippen MR) is 87.8 cm³/mol. The van der Waals surface area contributed by atoms with Gasteiger partial charge in [0.2, 0.25) is 0 Å². The normalized spacial score (nSPS) is 11.5. The van der Waals surface area contributed by atoms with Gasteiger partial charge in [0.05, 0.1) is 5.69 Å². The van der Waals surface area contributed by atoms with E-state index >= 15 is 0 Å². The molecule has 24 heavy (non-hydrogen) atoms.